The molecule has 0 unspecified atom stereocenters. The normalized spacial score (nSPS) is 12.8. The number of carbonyl (C=O) groups is 1. The topological polar surface area (TPSA) is 74.8 Å². The molecule has 1 amide bonds. The molecule has 0 radical (unpaired) electrons. The summed E-state index contributed by atoms with van der Waals surface area (Å²) in [6, 6.07) is 0.178. The number of H-pyrrole nitrogens is 1. The van der Waals surface area contributed by atoms with E-state index in [1.807, 2.05) is 20.8 Å². The third kappa shape index (κ3) is 4.66. The van der Waals surface area contributed by atoms with Crippen molar-refractivity contribution in [3.8, 4) is 0 Å². The number of aryl methyl sites for hydroxylation is 3. The monoisotopic (exact) mass is 349 g/mol. The molecule has 0 aliphatic carbocycles. The molecule has 6 heteroatoms. The molecular weight excluding hydrogens is 322 g/mol. The smallest absolute Gasteiger partial charge is 0.259 e. The van der Waals surface area contributed by atoms with Gasteiger partial charge in [0.25, 0.3) is 5.56 Å². The maximum absolute atomic E-state index is 12.2. The minimum atomic E-state index is -0.109. The van der Waals surface area contributed by atoms with E-state index in [0.717, 1.165) is 28.1 Å². The molecular formula is C18H27N3O2S. The van der Waals surface area contributed by atoms with Crippen LogP contribution in [0.2, 0.25) is 0 Å². The van der Waals surface area contributed by atoms with Gasteiger partial charge in [-0.1, -0.05) is 13.8 Å². The Hall–Kier alpha value is -1.69. The number of nitrogens with one attached hydrogen (secondary N) is 2. The number of aromatic nitrogens is 2. The van der Waals surface area contributed by atoms with Crippen molar-refractivity contribution < 1.29 is 4.79 Å². The van der Waals surface area contributed by atoms with Gasteiger partial charge in [0, 0.05) is 23.8 Å². The molecule has 1 atom stereocenters. The van der Waals surface area contributed by atoms with Crippen molar-refractivity contribution >= 4 is 27.5 Å². The van der Waals surface area contributed by atoms with E-state index < -0.39 is 0 Å². The van der Waals surface area contributed by atoms with Crippen molar-refractivity contribution in [2.45, 2.75) is 66.3 Å². The first kappa shape index (κ1) is 18.6. The lowest BCUT2D eigenvalue weighted by Gasteiger charge is -2.14. The molecule has 0 aliphatic heterocycles. The minimum absolute atomic E-state index is 0.00698. The lowest BCUT2D eigenvalue weighted by atomic mass is 10.0. The molecule has 0 saturated carbocycles. The molecule has 2 aromatic heterocycles. The highest BCUT2D eigenvalue weighted by Gasteiger charge is 2.13. The summed E-state index contributed by atoms with van der Waals surface area (Å²) in [6.45, 7) is 10.3. The predicted octanol–water partition coefficient (Wildman–Crippen LogP) is 3.47. The van der Waals surface area contributed by atoms with Crippen LogP contribution in [0.4, 0.5) is 0 Å². The standard InChI is InChI=1S/C18H27N3O2S/c1-10(2)6-7-11(3)19-15(22)9-8-14-20-17(23)16-12(4)13(5)24-18(16)21-14/h10-11H,6-9H2,1-5H3,(H,19,22)(H,20,21,23)/t11-/m0/s1. The fourth-order valence-electron chi connectivity index (χ4n) is 2.65. The van der Waals surface area contributed by atoms with Crippen LogP contribution in [0.3, 0.4) is 0 Å². The maximum Gasteiger partial charge on any atom is 0.259 e. The van der Waals surface area contributed by atoms with Crippen molar-refractivity contribution in [3.05, 3.63) is 26.6 Å². The largest absolute Gasteiger partial charge is 0.354 e. The summed E-state index contributed by atoms with van der Waals surface area (Å²) in [4.78, 5) is 33.5. The summed E-state index contributed by atoms with van der Waals surface area (Å²) < 4.78 is 0. The van der Waals surface area contributed by atoms with Crippen LogP contribution in [0.15, 0.2) is 4.79 Å². The van der Waals surface area contributed by atoms with E-state index in [1.54, 1.807) is 0 Å². The predicted molar refractivity (Wildman–Crippen MR) is 99.7 cm³/mol. The number of nitrogens with zero attached hydrogens (tertiary/aromatic N) is 1. The Bertz CT molecular complexity index is 776. The molecule has 2 aromatic rings. The van der Waals surface area contributed by atoms with Gasteiger partial charge in [-0.2, -0.15) is 0 Å². The van der Waals surface area contributed by atoms with Gasteiger partial charge in [-0.15, -0.1) is 11.3 Å². The first-order valence-electron chi connectivity index (χ1n) is 8.56. The van der Waals surface area contributed by atoms with E-state index in [-0.39, 0.29) is 17.5 Å². The van der Waals surface area contributed by atoms with Crippen LogP contribution >= 0.6 is 11.3 Å². The zero-order chi connectivity index (χ0) is 17.9. The molecule has 0 aliphatic rings. The van der Waals surface area contributed by atoms with Crippen molar-refractivity contribution in [2.75, 3.05) is 0 Å². The van der Waals surface area contributed by atoms with E-state index in [4.69, 9.17) is 0 Å². The molecule has 2 rings (SSSR count). The average Bonchev–Trinajstić information content (AvgIpc) is 2.78. The van der Waals surface area contributed by atoms with E-state index in [0.29, 0.717) is 30.0 Å². The van der Waals surface area contributed by atoms with Gasteiger partial charge < -0.3 is 10.3 Å². The van der Waals surface area contributed by atoms with Gasteiger partial charge in [-0.3, -0.25) is 9.59 Å². The summed E-state index contributed by atoms with van der Waals surface area (Å²) in [6.07, 6.45) is 2.87. The lowest BCUT2D eigenvalue weighted by Crippen LogP contribution is -2.33. The van der Waals surface area contributed by atoms with Crippen LogP contribution in [0, 0.1) is 19.8 Å². The van der Waals surface area contributed by atoms with Crippen molar-refractivity contribution in [1.29, 1.82) is 0 Å². The van der Waals surface area contributed by atoms with Crippen molar-refractivity contribution in [2.24, 2.45) is 5.92 Å². The molecule has 0 bridgehead atoms. The molecule has 0 spiro atoms. The summed E-state index contributed by atoms with van der Waals surface area (Å²) in [5, 5.41) is 3.69. The van der Waals surface area contributed by atoms with Gasteiger partial charge in [0.2, 0.25) is 5.91 Å². The number of fused-ring (bicyclic) bond motifs is 1. The molecule has 132 valence electrons. The summed E-state index contributed by atoms with van der Waals surface area (Å²) >= 11 is 1.53. The SMILES string of the molecule is Cc1sc2nc(CCC(=O)N[C@@H](C)CCC(C)C)[nH]c(=O)c2c1C. The van der Waals surface area contributed by atoms with Gasteiger partial charge in [-0.05, 0) is 45.1 Å². The Morgan fingerprint density at radius 2 is 1.96 bits per heavy atom. The highest BCUT2D eigenvalue weighted by molar-refractivity contribution is 7.18. The minimum Gasteiger partial charge on any atom is -0.354 e. The Balaban J connectivity index is 1.96. The quantitative estimate of drug-likeness (QED) is 0.803. The van der Waals surface area contributed by atoms with Gasteiger partial charge in [0.05, 0.1) is 5.39 Å². The number of hydrogen-bond donors (Lipinski definition) is 2. The Morgan fingerprint density at radius 1 is 1.25 bits per heavy atom. The number of thiophene rings is 1. The second-order valence-corrected chi connectivity index (χ2v) is 8.12. The number of aromatic amines is 1. The van der Waals surface area contributed by atoms with E-state index in [9.17, 15) is 9.59 Å². The second-order valence-electron chi connectivity index (χ2n) is 6.92. The Morgan fingerprint density at radius 3 is 2.62 bits per heavy atom. The fourth-order valence-corrected chi connectivity index (χ4v) is 3.70. The van der Waals surface area contributed by atoms with Crippen LogP contribution in [0.1, 0.15) is 56.3 Å². The van der Waals surface area contributed by atoms with Gasteiger partial charge in [0.15, 0.2) is 0 Å². The molecule has 5 nitrogen and oxygen atoms in total. The third-order valence-corrected chi connectivity index (χ3v) is 5.36. The van der Waals surface area contributed by atoms with Crippen LogP contribution in [-0.2, 0) is 11.2 Å². The number of hydrogen-bond acceptors (Lipinski definition) is 4. The second kappa shape index (κ2) is 7.92. The zero-order valence-corrected chi connectivity index (χ0v) is 16.0. The van der Waals surface area contributed by atoms with Gasteiger partial charge in [-0.25, -0.2) is 4.98 Å². The molecule has 24 heavy (non-hydrogen) atoms. The number of carbonyl (C=O) groups excluding carboxylic acids is 1. The van der Waals surface area contributed by atoms with Crippen LogP contribution < -0.4 is 10.9 Å². The first-order chi connectivity index (χ1) is 11.3. The lowest BCUT2D eigenvalue weighted by molar-refractivity contribution is -0.121. The number of amides is 1. The van der Waals surface area contributed by atoms with Crippen LogP contribution in [0.5, 0.6) is 0 Å². The van der Waals surface area contributed by atoms with Gasteiger partial charge in [0.1, 0.15) is 10.7 Å². The molecule has 0 aromatic carbocycles. The highest BCUT2D eigenvalue weighted by Crippen LogP contribution is 2.25. The summed E-state index contributed by atoms with van der Waals surface area (Å²) in [5.41, 5.74) is 0.884. The first-order valence-corrected chi connectivity index (χ1v) is 9.37. The van der Waals surface area contributed by atoms with Crippen molar-refractivity contribution in [3.63, 3.8) is 0 Å². The van der Waals surface area contributed by atoms with E-state index >= 15 is 0 Å². The van der Waals surface area contributed by atoms with E-state index in [2.05, 4.69) is 29.1 Å². The zero-order valence-electron chi connectivity index (χ0n) is 15.2. The third-order valence-electron chi connectivity index (χ3n) is 4.26. The maximum atomic E-state index is 12.2. The van der Waals surface area contributed by atoms with Crippen molar-refractivity contribution in [1.82, 2.24) is 15.3 Å². The summed E-state index contributed by atoms with van der Waals surface area (Å²) in [7, 11) is 0. The summed E-state index contributed by atoms with van der Waals surface area (Å²) in [5.74, 6) is 1.23. The van der Waals surface area contributed by atoms with Gasteiger partial charge >= 0.3 is 0 Å². The Labute approximate surface area is 146 Å². The van der Waals surface area contributed by atoms with E-state index in [1.165, 1.54) is 11.3 Å². The number of rotatable bonds is 7. The highest BCUT2D eigenvalue weighted by atomic mass is 32.1. The van der Waals surface area contributed by atoms with Crippen LogP contribution in [-0.4, -0.2) is 21.9 Å². The molecule has 2 N–H and O–H groups in total. The van der Waals surface area contributed by atoms with Crippen LogP contribution in [0.25, 0.3) is 10.2 Å². The average molecular weight is 350 g/mol. The molecule has 2 heterocycles. The molecule has 0 fully saturated rings. The fraction of sp³-hybridized carbons (Fsp3) is 0.611. The Kier molecular flexibility index (Phi) is 6.15. The molecule has 0 saturated heterocycles.